The average molecular weight is 292 g/mol. The number of aromatic amines is 1. The minimum atomic E-state index is -1.66. The van der Waals surface area contributed by atoms with E-state index in [-0.39, 0.29) is 0 Å². The zero-order valence-electron chi connectivity index (χ0n) is 12.4. The van der Waals surface area contributed by atoms with Gasteiger partial charge in [-0.2, -0.15) is 0 Å². The Hall–Kier alpha value is -2.59. The smallest absolute Gasteiger partial charge is 0.265 e. The third kappa shape index (κ3) is 1.53. The molecule has 4 nitrogen and oxygen atoms in total. The molecule has 1 amide bonds. The van der Waals surface area contributed by atoms with Crippen molar-refractivity contribution in [1.29, 1.82) is 0 Å². The molecule has 22 heavy (non-hydrogen) atoms. The van der Waals surface area contributed by atoms with Gasteiger partial charge in [-0.05, 0) is 37.1 Å². The molecular weight excluding hydrogens is 276 g/mol. The van der Waals surface area contributed by atoms with Gasteiger partial charge < -0.3 is 15.4 Å². The Morgan fingerprint density at radius 3 is 2.73 bits per heavy atom. The molecule has 0 spiro atoms. The number of rotatable bonds is 1. The van der Waals surface area contributed by atoms with E-state index in [2.05, 4.69) is 10.3 Å². The first-order chi connectivity index (χ1) is 10.5. The first kappa shape index (κ1) is 13.1. The Morgan fingerprint density at radius 2 is 1.91 bits per heavy atom. The van der Waals surface area contributed by atoms with Crippen LogP contribution in [0.2, 0.25) is 0 Å². The highest BCUT2D eigenvalue weighted by molar-refractivity contribution is 6.10. The van der Waals surface area contributed by atoms with Gasteiger partial charge in [-0.15, -0.1) is 0 Å². The normalized spacial score (nSPS) is 20.2. The fourth-order valence-corrected chi connectivity index (χ4v) is 3.50. The Labute approximate surface area is 127 Å². The third-order valence-electron chi connectivity index (χ3n) is 4.40. The number of H-pyrrole nitrogens is 1. The SMILES string of the molecule is Cc1cc(C)c2c(c1)NC(=O)[C@@]2(O)c1c[nH]c2ccccc12. The number of carbonyl (C=O) groups excluding carboxylic acids is 1. The second-order valence-electron chi connectivity index (χ2n) is 5.92. The van der Waals surface area contributed by atoms with Crippen molar-refractivity contribution in [2.24, 2.45) is 0 Å². The first-order valence-corrected chi connectivity index (χ1v) is 7.24. The summed E-state index contributed by atoms with van der Waals surface area (Å²) in [7, 11) is 0. The molecule has 1 atom stereocenters. The molecule has 1 aliphatic rings. The number of anilines is 1. The number of carbonyl (C=O) groups is 1. The Kier molecular flexibility index (Phi) is 2.51. The highest BCUT2D eigenvalue weighted by Gasteiger charge is 2.49. The lowest BCUT2D eigenvalue weighted by Gasteiger charge is -2.22. The molecule has 1 aromatic heterocycles. The number of aliphatic hydroxyl groups is 1. The number of fused-ring (bicyclic) bond motifs is 2. The van der Waals surface area contributed by atoms with Crippen LogP contribution in [-0.4, -0.2) is 16.0 Å². The van der Waals surface area contributed by atoms with Gasteiger partial charge in [0.1, 0.15) is 0 Å². The summed E-state index contributed by atoms with van der Waals surface area (Å²) in [5.41, 5.74) is 3.12. The van der Waals surface area contributed by atoms with E-state index < -0.39 is 11.5 Å². The second-order valence-corrected chi connectivity index (χ2v) is 5.92. The molecule has 2 heterocycles. The van der Waals surface area contributed by atoms with Gasteiger partial charge >= 0.3 is 0 Å². The predicted octanol–water partition coefficient (Wildman–Crippen LogP) is 2.97. The molecule has 0 saturated heterocycles. The Balaban J connectivity index is 2.05. The maximum absolute atomic E-state index is 12.6. The Morgan fingerprint density at radius 1 is 1.14 bits per heavy atom. The lowest BCUT2D eigenvalue weighted by molar-refractivity contribution is -0.129. The quantitative estimate of drug-likeness (QED) is 0.645. The van der Waals surface area contributed by atoms with Gasteiger partial charge in [0.25, 0.3) is 5.91 Å². The number of para-hydroxylation sites is 1. The fourth-order valence-electron chi connectivity index (χ4n) is 3.50. The van der Waals surface area contributed by atoms with Gasteiger partial charge in [-0.3, -0.25) is 4.79 Å². The molecule has 0 saturated carbocycles. The molecule has 1 aliphatic heterocycles. The average Bonchev–Trinajstić information content (AvgIpc) is 2.99. The van der Waals surface area contributed by atoms with E-state index in [1.54, 1.807) is 6.20 Å². The van der Waals surface area contributed by atoms with Gasteiger partial charge in [0.05, 0.1) is 0 Å². The van der Waals surface area contributed by atoms with Crippen molar-refractivity contribution >= 4 is 22.5 Å². The summed E-state index contributed by atoms with van der Waals surface area (Å²) in [6.45, 7) is 3.90. The summed E-state index contributed by atoms with van der Waals surface area (Å²) in [6, 6.07) is 11.5. The second kappa shape index (κ2) is 4.21. The highest BCUT2D eigenvalue weighted by atomic mass is 16.3. The van der Waals surface area contributed by atoms with Crippen molar-refractivity contribution in [3.8, 4) is 0 Å². The monoisotopic (exact) mass is 292 g/mol. The number of aromatic nitrogens is 1. The summed E-state index contributed by atoms with van der Waals surface area (Å²) in [4.78, 5) is 15.7. The number of nitrogens with one attached hydrogen (secondary N) is 2. The summed E-state index contributed by atoms with van der Waals surface area (Å²) >= 11 is 0. The summed E-state index contributed by atoms with van der Waals surface area (Å²) in [5, 5.41) is 15.0. The lowest BCUT2D eigenvalue weighted by Crippen LogP contribution is -2.35. The van der Waals surface area contributed by atoms with Gasteiger partial charge in [0, 0.05) is 33.9 Å². The van der Waals surface area contributed by atoms with Crippen LogP contribution < -0.4 is 5.32 Å². The fraction of sp³-hybridized carbons (Fsp3) is 0.167. The van der Waals surface area contributed by atoms with Gasteiger partial charge in [-0.25, -0.2) is 0 Å². The molecule has 0 aliphatic carbocycles. The van der Waals surface area contributed by atoms with Crippen LogP contribution in [0.25, 0.3) is 10.9 Å². The number of hydrogen-bond acceptors (Lipinski definition) is 2. The molecule has 0 bridgehead atoms. The van der Waals surface area contributed by atoms with Crippen molar-refractivity contribution in [3.05, 3.63) is 64.8 Å². The van der Waals surface area contributed by atoms with E-state index in [1.807, 2.05) is 50.2 Å². The van der Waals surface area contributed by atoms with Gasteiger partial charge in [0.2, 0.25) is 0 Å². The van der Waals surface area contributed by atoms with Crippen LogP contribution in [0.15, 0.2) is 42.6 Å². The zero-order chi connectivity index (χ0) is 15.5. The minimum absolute atomic E-state index is 0.402. The minimum Gasteiger partial charge on any atom is -0.372 e. The number of hydrogen-bond donors (Lipinski definition) is 3. The maximum Gasteiger partial charge on any atom is 0.265 e. The summed E-state index contributed by atoms with van der Waals surface area (Å²) in [6.07, 6.45) is 1.72. The lowest BCUT2D eigenvalue weighted by atomic mass is 9.84. The topological polar surface area (TPSA) is 65.1 Å². The van der Waals surface area contributed by atoms with E-state index in [0.29, 0.717) is 16.8 Å². The third-order valence-corrected chi connectivity index (χ3v) is 4.40. The van der Waals surface area contributed by atoms with E-state index in [1.165, 1.54) is 0 Å². The molecule has 3 aromatic rings. The molecule has 2 aromatic carbocycles. The van der Waals surface area contributed by atoms with Crippen LogP contribution >= 0.6 is 0 Å². The van der Waals surface area contributed by atoms with Crippen LogP contribution in [0.1, 0.15) is 22.3 Å². The van der Waals surface area contributed by atoms with Crippen LogP contribution in [0, 0.1) is 13.8 Å². The molecular formula is C18H16N2O2. The largest absolute Gasteiger partial charge is 0.372 e. The van der Waals surface area contributed by atoms with Crippen LogP contribution in [0.3, 0.4) is 0 Å². The molecule has 0 fully saturated rings. The molecule has 0 unspecified atom stereocenters. The number of aryl methyl sites for hydroxylation is 2. The maximum atomic E-state index is 12.6. The summed E-state index contributed by atoms with van der Waals surface area (Å²) in [5.74, 6) is -0.402. The van der Waals surface area contributed by atoms with E-state index >= 15 is 0 Å². The Bertz CT molecular complexity index is 926. The van der Waals surface area contributed by atoms with Crippen molar-refractivity contribution in [3.63, 3.8) is 0 Å². The van der Waals surface area contributed by atoms with E-state index in [9.17, 15) is 9.90 Å². The van der Waals surface area contributed by atoms with Crippen LogP contribution in [0.4, 0.5) is 5.69 Å². The van der Waals surface area contributed by atoms with Crippen LogP contribution in [0.5, 0.6) is 0 Å². The molecule has 4 heteroatoms. The number of amides is 1. The molecule has 0 radical (unpaired) electrons. The number of benzene rings is 2. The van der Waals surface area contributed by atoms with Crippen molar-refractivity contribution in [2.45, 2.75) is 19.4 Å². The molecule has 110 valence electrons. The first-order valence-electron chi connectivity index (χ1n) is 7.24. The molecule has 4 rings (SSSR count). The van der Waals surface area contributed by atoms with E-state index in [0.717, 1.165) is 22.0 Å². The van der Waals surface area contributed by atoms with Gasteiger partial charge in [-0.1, -0.05) is 24.3 Å². The predicted molar refractivity (Wildman–Crippen MR) is 85.8 cm³/mol. The highest BCUT2D eigenvalue weighted by Crippen LogP contribution is 2.45. The molecule has 3 N–H and O–H groups in total. The van der Waals surface area contributed by atoms with Gasteiger partial charge in [0.15, 0.2) is 5.60 Å². The van der Waals surface area contributed by atoms with E-state index in [4.69, 9.17) is 0 Å². The van der Waals surface area contributed by atoms with Crippen molar-refractivity contribution in [2.75, 3.05) is 5.32 Å². The van der Waals surface area contributed by atoms with Crippen molar-refractivity contribution in [1.82, 2.24) is 4.98 Å². The zero-order valence-corrected chi connectivity index (χ0v) is 12.4. The standard InChI is InChI=1S/C18H16N2O2/c1-10-7-11(2)16-15(8-10)20-17(21)18(16,22)13-9-19-14-6-4-3-5-12(13)14/h3-9,19,22H,1-2H3,(H,20,21)/t18-/m1/s1. The van der Waals surface area contributed by atoms with Crippen molar-refractivity contribution < 1.29 is 9.90 Å². The summed E-state index contributed by atoms with van der Waals surface area (Å²) < 4.78 is 0. The van der Waals surface area contributed by atoms with Crippen LogP contribution in [-0.2, 0) is 10.4 Å².